The van der Waals surface area contributed by atoms with Gasteiger partial charge in [0.1, 0.15) is 5.82 Å². The number of benzene rings is 1. The molecule has 0 amide bonds. The first-order chi connectivity index (χ1) is 7.69. The van der Waals surface area contributed by atoms with Crippen LogP contribution in [-0.2, 0) is 0 Å². The molecule has 2 rings (SSSR count). The summed E-state index contributed by atoms with van der Waals surface area (Å²) in [6.07, 6.45) is 0. The van der Waals surface area contributed by atoms with Gasteiger partial charge in [-0.15, -0.1) is 0 Å². The maximum Gasteiger partial charge on any atom is 0.170 e. The van der Waals surface area contributed by atoms with Crippen molar-refractivity contribution in [1.29, 1.82) is 0 Å². The van der Waals surface area contributed by atoms with E-state index in [1.807, 2.05) is 6.92 Å². The van der Waals surface area contributed by atoms with Crippen molar-refractivity contribution in [1.82, 2.24) is 0 Å². The SMILES string of the molecule is Cc1ccc(F)c(C(=O)C2C(C)(C)C2(C)C)c1. The minimum absolute atomic E-state index is 0.0414. The van der Waals surface area contributed by atoms with Crippen LogP contribution in [0.3, 0.4) is 0 Å². The Morgan fingerprint density at radius 2 is 1.71 bits per heavy atom. The fourth-order valence-corrected chi connectivity index (χ4v) is 2.84. The van der Waals surface area contributed by atoms with Crippen LogP contribution in [0.4, 0.5) is 4.39 Å². The maximum absolute atomic E-state index is 13.7. The number of ketones is 1. The van der Waals surface area contributed by atoms with E-state index in [0.717, 1.165) is 5.56 Å². The molecule has 92 valence electrons. The number of hydrogen-bond acceptors (Lipinski definition) is 1. The van der Waals surface area contributed by atoms with E-state index in [4.69, 9.17) is 0 Å². The number of halogens is 1. The minimum atomic E-state index is -0.404. The largest absolute Gasteiger partial charge is 0.294 e. The first-order valence-corrected chi connectivity index (χ1v) is 6.00. The zero-order valence-corrected chi connectivity index (χ0v) is 11.1. The average Bonchev–Trinajstić information content (AvgIpc) is 2.61. The second kappa shape index (κ2) is 3.41. The lowest BCUT2D eigenvalue weighted by Gasteiger charge is -2.05. The molecule has 1 saturated carbocycles. The third kappa shape index (κ3) is 1.62. The molecule has 0 saturated heterocycles. The van der Waals surface area contributed by atoms with Crippen LogP contribution in [0, 0.1) is 29.5 Å². The first-order valence-electron chi connectivity index (χ1n) is 6.00. The summed E-state index contributed by atoms with van der Waals surface area (Å²) in [4.78, 5) is 12.4. The van der Waals surface area contributed by atoms with Crippen LogP contribution >= 0.6 is 0 Å². The van der Waals surface area contributed by atoms with Gasteiger partial charge in [-0.05, 0) is 29.9 Å². The predicted molar refractivity (Wildman–Crippen MR) is 66.5 cm³/mol. The summed E-state index contributed by atoms with van der Waals surface area (Å²) in [6, 6.07) is 4.72. The van der Waals surface area contributed by atoms with Crippen LogP contribution in [-0.4, -0.2) is 5.78 Å². The first kappa shape index (κ1) is 12.3. The van der Waals surface area contributed by atoms with Crippen LogP contribution in [0.25, 0.3) is 0 Å². The van der Waals surface area contributed by atoms with Gasteiger partial charge in [-0.2, -0.15) is 0 Å². The summed E-state index contributed by atoms with van der Waals surface area (Å²) >= 11 is 0. The molecule has 1 nitrogen and oxygen atoms in total. The maximum atomic E-state index is 13.7. The highest BCUT2D eigenvalue weighted by atomic mass is 19.1. The highest BCUT2D eigenvalue weighted by molar-refractivity contribution is 6.01. The average molecular weight is 234 g/mol. The Kier molecular flexibility index (Phi) is 2.46. The van der Waals surface area contributed by atoms with Crippen molar-refractivity contribution in [3.05, 3.63) is 35.1 Å². The van der Waals surface area contributed by atoms with Gasteiger partial charge in [0, 0.05) is 5.92 Å². The van der Waals surface area contributed by atoms with E-state index in [1.54, 1.807) is 12.1 Å². The molecule has 0 bridgehead atoms. The molecule has 2 heteroatoms. The van der Waals surface area contributed by atoms with E-state index in [9.17, 15) is 9.18 Å². The molecule has 0 spiro atoms. The Labute approximate surface area is 102 Å². The normalized spacial score (nSPS) is 21.3. The summed E-state index contributed by atoms with van der Waals surface area (Å²) in [5, 5.41) is 0. The molecule has 17 heavy (non-hydrogen) atoms. The molecule has 0 aliphatic heterocycles. The molecular weight excluding hydrogens is 215 g/mol. The zero-order chi connectivity index (χ0) is 13.0. The predicted octanol–water partition coefficient (Wildman–Crippen LogP) is 4.00. The van der Waals surface area contributed by atoms with Gasteiger partial charge in [-0.25, -0.2) is 4.39 Å². The monoisotopic (exact) mass is 234 g/mol. The van der Waals surface area contributed by atoms with Crippen LogP contribution in [0.5, 0.6) is 0 Å². The molecular formula is C15H19FO. The van der Waals surface area contributed by atoms with Gasteiger partial charge < -0.3 is 0 Å². The summed E-state index contributed by atoms with van der Waals surface area (Å²) in [7, 11) is 0. The van der Waals surface area contributed by atoms with Crippen LogP contribution in [0.2, 0.25) is 0 Å². The quantitative estimate of drug-likeness (QED) is 0.707. The standard InChI is InChI=1S/C15H19FO/c1-9-6-7-11(16)10(8-9)12(17)13-14(2,3)15(13,4)5/h6-8,13H,1-5H3. The highest BCUT2D eigenvalue weighted by Gasteiger charge is 2.68. The van der Waals surface area contributed by atoms with Gasteiger partial charge in [0.05, 0.1) is 5.56 Å². The lowest BCUT2D eigenvalue weighted by Crippen LogP contribution is -2.10. The van der Waals surface area contributed by atoms with Crippen molar-refractivity contribution in [2.75, 3.05) is 0 Å². The van der Waals surface area contributed by atoms with Crippen molar-refractivity contribution in [2.45, 2.75) is 34.6 Å². The van der Waals surface area contributed by atoms with Gasteiger partial charge in [0.25, 0.3) is 0 Å². The Balaban J connectivity index is 2.38. The number of carbonyl (C=O) groups excluding carboxylic acids is 1. The molecule has 0 radical (unpaired) electrons. The van der Waals surface area contributed by atoms with Crippen molar-refractivity contribution in [3.8, 4) is 0 Å². The van der Waals surface area contributed by atoms with Crippen molar-refractivity contribution < 1.29 is 9.18 Å². The molecule has 1 aromatic rings. The van der Waals surface area contributed by atoms with Gasteiger partial charge in [-0.1, -0.05) is 39.3 Å². The highest BCUT2D eigenvalue weighted by Crippen LogP contribution is 2.69. The molecule has 1 fully saturated rings. The van der Waals surface area contributed by atoms with Gasteiger partial charge in [0.15, 0.2) is 5.78 Å². The summed E-state index contributed by atoms with van der Waals surface area (Å²) in [5.74, 6) is -0.536. The minimum Gasteiger partial charge on any atom is -0.294 e. The molecule has 1 aromatic carbocycles. The number of rotatable bonds is 2. The Bertz CT molecular complexity index is 472. The fourth-order valence-electron chi connectivity index (χ4n) is 2.84. The van der Waals surface area contributed by atoms with E-state index in [2.05, 4.69) is 27.7 Å². The Morgan fingerprint density at radius 1 is 1.18 bits per heavy atom. The third-order valence-electron chi connectivity index (χ3n) is 4.67. The zero-order valence-electron chi connectivity index (χ0n) is 11.1. The van der Waals surface area contributed by atoms with E-state index >= 15 is 0 Å². The van der Waals surface area contributed by atoms with Gasteiger partial charge in [-0.3, -0.25) is 4.79 Å². The molecule has 0 N–H and O–H groups in total. The Morgan fingerprint density at radius 3 is 2.18 bits per heavy atom. The molecule has 0 unspecified atom stereocenters. The lowest BCUT2D eigenvalue weighted by atomic mass is 9.99. The van der Waals surface area contributed by atoms with E-state index in [1.165, 1.54) is 6.07 Å². The van der Waals surface area contributed by atoms with Crippen molar-refractivity contribution in [3.63, 3.8) is 0 Å². The van der Waals surface area contributed by atoms with Crippen molar-refractivity contribution in [2.24, 2.45) is 16.7 Å². The van der Waals surface area contributed by atoms with Crippen LogP contribution in [0.15, 0.2) is 18.2 Å². The van der Waals surface area contributed by atoms with Gasteiger partial charge >= 0.3 is 0 Å². The summed E-state index contributed by atoms with van der Waals surface area (Å²) in [6.45, 7) is 10.2. The molecule has 1 aliphatic rings. The number of Topliss-reactive ketones (excluding diaryl/α,β-unsaturated/α-hetero) is 1. The summed E-state index contributed by atoms with van der Waals surface area (Å²) < 4.78 is 13.7. The molecule has 0 atom stereocenters. The van der Waals surface area contributed by atoms with E-state index < -0.39 is 5.82 Å². The molecule has 0 heterocycles. The van der Waals surface area contributed by atoms with E-state index in [-0.39, 0.29) is 28.1 Å². The van der Waals surface area contributed by atoms with Crippen LogP contribution in [0.1, 0.15) is 43.6 Å². The molecule has 0 aromatic heterocycles. The third-order valence-corrected chi connectivity index (χ3v) is 4.67. The number of carbonyl (C=O) groups is 1. The van der Waals surface area contributed by atoms with Crippen LogP contribution < -0.4 is 0 Å². The van der Waals surface area contributed by atoms with Crippen molar-refractivity contribution >= 4 is 5.78 Å². The second-order valence-corrected chi connectivity index (χ2v) is 6.22. The second-order valence-electron chi connectivity index (χ2n) is 6.22. The summed E-state index contributed by atoms with van der Waals surface area (Å²) in [5.41, 5.74) is 1.08. The van der Waals surface area contributed by atoms with Gasteiger partial charge in [0.2, 0.25) is 0 Å². The molecule has 1 aliphatic carbocycles. The van der Waals surface area contributed by atoms with E-state index in [0.29, 0.717) is 0 Å². The smallest absolute Gasteiger partial charge is 0.170 e. The lowest BCUT2D eigenvalue weighted by molar-refractivity contribution is 0.0941. The Hall–Kier alpha value is -1.18. The number of aryl methyl sites for hydroxylation is 1. The topological polar surface area (TPSA) is 17.1 Å². The number of hydrogen-bond donors (Lipinski definition) is 0. The fraction of sp³-hybridized carbons (Fsp3) is 0.533.